The molecule has 7 nitrogen and oxygen atoms in total. The maximum Gasteiger partial charge on any atom is 0.253 e. The number of sulfonamides is 1. The number of hydrogen-bond donors (Lipinski definition) is 1. The van der Waals surface area contributed by atoms with Crippen molar-refractivity contribution in [1.29, 1.82) is 0 Å². The molecule has 1 aliphatic heterocycles. The number of rotatable bonds is 6. The topological polar surface area (TPSA) is 79.0 Å². The van der Waals surface area contributed by atoms with Crippen LogP contribution in [0.3, 0.4) is 0 Å². The molecule has 144 valence electrons. The minimum Gasteiger partial charge on any atom is -0.495 e. The van der Waals surface area contributed by atoms with Gasteiger partial charge in [-0.1, -0.05) is 0 Å². The van der Waals surface area contributed by atoms with E-state index >= 15 is 0 Å². The quantitative estimate of drug-likeness (QED) is 0.804. The molecule has 0 spiro atoms. The van der Waals surface area contributed by atoms with Crippen molar-refractivity contribution in [3.63, 3.8) is 0 Å². The van der Waals surface area contributed by atoms with Crippen molar-refractivity contribution in [1.82, 2.24) is 14.5 Å². The molecule has 2 fully saturated rings. The molecule has 1 amide bonds. The third kappa shape index (κ3) is 4.19. The summed E-state index contributed by atoms with van der Waals surface area (Å²) in [6, 6.07) is 5.07. The van der Waals surface area contributed by atoms with Crippen molar-refractivity contribution in [2.24, 2.45) is 0 Å². The van der Waals surface area contributed by atoms with Gasteiger partial charge < -0.3 is 9.64 Å². The maximum atomic E-state index is 12.8. The summed E-state index contributed by atoms with van der Waals surface area (Å²) < 4.78 is 33.1. The van der Waals surface area contributed by atoms with Gasteiger partial charge in [-0.3, -0.25) is 9.69 Å². The van der Waals surface area contributed by atoms with Gasteiger partial charge in [-0.2, -0.15) is 0 Å². The zero-order chi connectivity index (χ0) is 18.9. The first-order chi connectivity index (χ1) is 12.3. The van der Waals surface area contributed by atoms with Gasteiger partial charge in [-0.05, 0) is 44.9 Å². The number of nitrogens with one attached hydrogen (secondary N) is 1. The van der Waals surface area contributed by atoms with E-state index in [1.807, 2.05) is 0 Å². The van der Waals surface area contributed by atoms with Crippen LogP contribution >= 0.6 is 0 Å². The second-order valence-electron chi connectivity index (χ2n) is 7.18. The van der Waals surface area contributed by atoms with Crippen LogP contribution in [0.15, 0.2) is 23.1 Å². The predicted octanol–water partition coefficient (Wildman–Crippen LogP) is 1.30. The summed E-state index contributed by atoms with van der Waals surface area (Å²) in [7, 11) is -2.27. The first kappa shape index (κ1) is 19.1. The van der Waals surface area contributed by atoms with E-state index in [2.05, 4.69) is 23.5 Å². The number of ether oxygens (including phenoxy) is 1. The standard InChI is InChI=1S/C18H27N3O4S/c1-13(2)20-8-10-21(11-9-20)18(22)14-4-7-16(25-3)17(12-14)26(23,24)19-15-5-6-15/h4,7,12-13,15,19H,5-6,8-11H2,1-3H3. The number of carbonyl (C=O) groups is 1. The van der Waals surface area contributed by atoms with Gasteiger partial charge in [-0.15, -0.1) is 0 Å². The lowest BCUT2D eigenvalue weighted by Gasteiger charge is -2.37. The highest BCUT2D eigenvalue weighted by atomic mass is 32.2. The average molecular weight is 381 g/mol. The van der Waals surface area contributed by atoms with Crippen molar-refractivity contribution in [2.75, 3.05) is 33.3 Å². The normalized spacial score (nSPS) is 19.0. The lowest BCUT2D eigenvalue weighted by Crippen LogP contribution is -2.50. The molecule has 1 heterocycles. The molecule has 26 heavy (non-hydrogen) atoms. The Kier molecular flexibility index (Phi) is 5.55. The molecule has 8 heteroatoms. The Hall–Kier alpha value is -1.64. The van der Waals surface area contributed by atoms with Crippen LogP contribution in [0.25, 0.3) is 0 Å². The van der Waals surface area contributed by atoms with Gasteiger partial charge >= 0.3 is 0 Å². The van der Waals surface area contributed by atoms with E-state index in [-0.39, 0.29) is 22.6 Å². The molecule has 1 aliphatic carbocycles. The number of amides is 1. The Morgan fingerprint density at radius 3 is 2.38 bits per heavy atom. The van der Waals surface area contributed by atoms with Gasteiger partial charge in [0.25, 0.3) is 5.91 Å². The molecule has 2 aliphatic rings. The number of methoxy groups -OCH3 is 1. The lowest BCUT2D eigenvalue weighted by atomic mass is 10.1. The second-order valence-corrected chi connectivity index (χ2v) is 8.87. The van der Waals surface area contributed by atoms with Crippen LogP contribution in [0.4, 0.5) is 0 Å². The summed E-state index contributed by atoms with van der Waals surface area (Å²) >= 11 is 0. The molecule has 0 atom stereocenters. The largest absolute Gasteiger partial charge is 0.495 e. The summed E-state index contributed by atoms with van der Waals surface area (Å²) in [6.45, 7) is 7.23. The predicted molar refractivity (Wildman–Crippen MR) is 99.0 cm³/mol. The highest BCUT2D eigenvalue weighted by Gasteiger charge is 2.31. The van der Waals surface area contributed by atoms with Crippen molar-refractivity contribution in [3.05, 3.63) is 23.8 Å². The van der Waals surface area contributed by atoms with Crippen LogP contribution < -0.4 is 9.46 Å². The van der Waals surface area contributed by atoms with Crippen LogP contribution in [0.5, 0.6) is 5.75 Å². The number of nitrogens with zero attached hydrogens (tertiary/aromatic N) is 2. The fourth-order valence-electron chi connectivity index (χ4n) is 3.13. The van der Waals surface area contributed by atoms with Crippen molar-refractivity contribution < 1.29 is 17.9 Å². The van der Waals surface area contributed by atoms with E-state index in [1.54, 1.807) is 17.0 Å². The van der Waals surface area contributed by atoms with E-state index in [0.29, 0.717) is 24.7 Å². The Balaban J connectivity index is 1.80. The van der Waals surface area contributed by atoms with Crippen LogP contribution in [-0.2, 0) is 10.0 Å². The molecule has 0 bridgehead atoms. The zero-order valence-electron chi connectivity index (χ0n) is 15.6. The van der Waals surface area contributed by atoms with Gasteiger partial charge in [-0.25, -0.2) is 13.1 Å². The van der Waals surface area contributed by atoms with Crippen LogP contribution in [0.2, 0.25) is 0 Å². The Labute approximate surface area is 155 Å². The molecule has 3 rings (SSSR count). The summed E-state index contributed by atoms with van der Waals surface area (Å²) in [5.41, 5.74) is 0.375. The fourth-order valence-corrected chi connectivity index (χ4v) is 4.63. The minimum absolute atomic E-state index is 0.00632. The monoisotopic (exact) mass is 381 g/mol. The van der Waals surface area contributed by atoms with Crippen LogP contribution in [-0.4, -0.2) is 69.5 Å². The Morgan fingerprint density at radius 2 is 1.85 bits per heavy atom. The molecule has 1 saturated carbocycles. The lowest BCUT2D eigenvalue weighted by molar-refractivity contribution is 0.0595. The molecule has 0 aromatic heterocycles. The third-order valence-corrected chi connectivity index (χ3v) is 6.47. The summed E-state index contributed by atoms with van der Waals surface area (Å²) in [5.74, 6) is 0.109. The Morgan fingerprint density at radius 1 is 1.19 bits per heavy atom. The molecule has 0 radical (unpaired) electrons. The summed E-state index contributed by atoms with van der Waals surface area (Å²) in [4.78, 5) is 17.0. The molecule has 0 unspecified atom stereocenters. The summed E-state index contributed by atoms with van der Waals surface area (Å²) in [5, 5.41) is 0. The van der Waals surface area contributed by atoms with E-state index in [1.165, 1.54) is 13.2 Å². The van der Waals surface area contributed by atoms with Gasteiger partial charge in [0.1, 0.15) is 10.6 Å². The molecule has 1 aromatic rings. The molecular formula is C18H27N3O4S. The van der Waals surface area contributed by atoms with Crippen molar-refractivity contribution in [3.8, 4) is 5.75 Å². The van der Waals surface area contributed by atoms with E-state index < -0.39 is 10.0 Å². The molecule has 1 aromatic carbocycles. The maximum absolute atomic E-state index is 12.8. The summed E-state index contributed by atoms with van der Waals surface area (Å²) in [6.07, 6.45) is 1.70. The van der Waals surface area contributed by atoms with E-state index in [0.717, 1.165) is 25.9 Å². The smallest absolute Gasteiger partial charge is 0.253 e. The molecular weight excluding hydrogens is 354 g/mol. The van der Waals surface area contributed by atoms with Gasteiger partial charge in [0.05, 0.1) is 7.11 Å². The highest BCUT2D eigenvalue weighted by Crippen LogP contribution is 2.28. The van der Waals surface area contributed by atoms with Gasteiger partial charge in [0.2, 0.25) is 10.0 Å². The van der Waals surface area contributed by atoms with Gasteiger partial charge in [0.15, 0.2) is 0 Å². The first-order valence-corrected chi connectivity index (χ1v) is 10.5. The van der Waals surface area contributed by atoms with Crippen molar-refractivity contribution >= 4 is 15.9 Å². The number of piperazine rings is 1. The average Bonchev–Trinajstić information content (AvgIpc) is 3.44. The Bertz CT molecular complexity index is 767. The highest BCUT2D eigenvalue weighted by molar-refractivity contribution is 7.89. The van der Waals surface area contributed by atoms with Crippen molar-refractivity contribution in [2.45, 2.75) is 43.7 Å². The van der Waals surface area contributed by atoms with Crippen LogP contribution in [0.1, 0.15) is 37.0 Å². The third-order valence-electron chi connectivity index (χ3n) is 4.93. The molecule has 1 N–H and O–H groups in total. The zero-order valence-corrected chi connectivity index (χ0v) is 16.4. The first-order valence-electron chi connectivity index (χ1n) is 9.05. The van der Waals surface area contributed by atoms with Crippen LogP contribution in [0, 0.1) is 0 Å². The number of hydrogen-bond acceptors (Lipinski definition) is 5. The van der Waals surface area contributed by atoms with E-state index in [4.69, 9.17) is 4.74 Å². The fraction of sp³-hybridized carbons (Fsp3) is 0.611. The molecule has 1 saturated heterocycles. The SMILES string of the molecule is COc1ccc(C(=O)N2CCN(C(C)C)CC2)cc1S(=O)(=O)NC1CC1. The second kappa shape index (κ2) is 7.54. The number of carbonyl (C=O) groups excluding carboxylic acids is 1. The minimum atomic E-state index is -3.70. The van der Waals surface area contributed by atoms with E-state index in [9.17, 15) is 13.2 Å². The number of benzene rings is 1. The van der Waals surface area contributed by atoms with Gasteiger partial charge in [0, 0.05) is 43.8 Å².